The van der Waals surface area contributed by atoms with Gasteiger partial charge in [-0.1, -0.05) is 11.2 Å². The fraction of sp³-hybridized carbons (Fsp3) is 0.500. The molecular weight excluding hydrogens is 254 g/mol. The van der Waals surface area contributed by atoms with Gasteiger partial charge in [-0.3, -0.25) is 4.90 Å². The minimum absolute atomic E-state index is 0.169. The maximum Gasteiger partial charge on any atom is 0.243 e. The van der Waals surface area contributed by atoms with Gasteiger partial charge >= 0.3 is 0 Å². The maximum atomic E-state index is 5.26. The molecule has 6 heteroatoms. The first-order valence-corrected chi connectivity index (χ1v) is 6.94. The van der Waals surface area contributed by atoms with E-state index in [0.717, 1.165) is 32.0 Å². The highest BCUT2D eigenvalue weighted by molar-refractivity contribution is 5.38. The molecule has 2 aromatic heterocycles. The molecule has 0 amide bonds. The third-order valence-electron chi connectivity index (χ3n) is 3.74. The van der Waals surface area contributed by atoms with E-state index in [9.17, 15) is 0 Å². The summed E-state index contributed by atoms with van der Waals surface area (Å²) in [6.07, 6.45) is 1.84. The van der Waals surface area contributed by atoms with Crippen molar-refractivity contribution >= 4 is 5.82 Å². The van der Waals surface area contributed by atoms with E-state index in [-0.39, 0.29) is 6.04 Å². The van der Waals surface area contributed by atoms with Gasteiger partial charge in [-0.2, -0.15) is 4.98 Å². The summed E-state index contributed by atoms with van der Waals surface area (Å²) in [5, 5.41) is 3.86. The van der Waals surface area contributed by atoms with Crippen molar-refractivity contribution in [1.82, 2.24) is 20.0 Å². The molecule has 1 aliphatic heterocycles. The molecule has 1 atom stereocenters. The Hall–Kier alpha value is -1.95. The molecule has 106 valence electrons. The molecule has 6 nitrogen and oxygen atoms in total. The quantitative estimate of drug-likeness (QED) is 0.847. The fourth-order valence-electron chi connectivity index (χ4n) is 2.52. The van der Waals surface area contributed by atoms with E-state index in [1.54, 1.807) is 0 Å². The monoisotopic (exact) mass is 273 g/mol. The molecule has 20 heavy (non-hydrogen) atoms. The van der Waals surface area contributed by atoms with Crippen molar-refractivity contribution in [2.75, 3.05) is 31.1 Å². The maximum absolute atomic E-state index is 5.26. The lowest BCUT2D eigenvalue weighted by Crippen LogP contribution is -2.47. The summed E-state index contributed by atoms with van der Waals surface area (Å²) >= 11 is 0. The van der Waals surface area contributed by atoms with Crippen LogP contribution in [0.15, 0.2) is 28.9 Å². The largest absolute Gasteiger partial charge is 0.354 e. The van der Waals surface area contributed by atoms with Crippen LogP contribution < -0.4 is 4.90 Å². The molecule has 0 radical (unpaired) electrons. The van der Waals surface area contributed by atoms with E-state index >= 15 is 0 Å². The fourth-order valence-corrected chi connectivity index (χ4v) is 2.52. The predicted octanol–water partition coefficient (Wildman–Crippen LogP) is 1.66. The summed E-state index contributed by atoms with van der Waals surface area (Å²) in [6.45, 7) is 7.84. The second-order valence-electron chi connectivity index (χ2n) is 5.07. The molecule has 0 unspecified atom stereocenters. The summed E-state index contributed by atoms with van der Waals surface area (Å²) in [5.74, 6) is 2.45. The van der Waals surface area contributed by atoms with Gasteiger partial charge in [0.1, 0.15) is 5.82 Å². The minimum Gasteiger partial charge on any atom is -0.354 e. The van der Waals surface area contributed by atoms with Gasteiger partial charge in [0.05, 0.1) is 6.04 Å². The van der Waals surface area contributed by atoms with Crippen LogP contribution in [0.1, 0.15) is 24.7 Å². The normalized spacial score (nSPS) is 18.2. The Labute approximate surface area is 118 Å². The molecule has 0 bridgehead atoms. The first-order valence-electron chi connectivity index (χ1n) is 6.94. The van der Waals surface area contributed by atoms with Gasteiger partial charge in [-0.15, -0.1) is 0 Å². The third-order valence-corrected chi connectivity index (χ3v) is 3.74. The first kappa shape index (κ1) is 13.1. The van der Waals surface area contributed by atoms with Crippen molar-refractivity contribution in [2.24, 2.45) is 0 Å². The van der Waals surface area contributed by atoms with Gasteiger partial charge in [-0.25, -0.2) is 4.98 Å². The van der Waals surface area contributed by atoms with Gasteiger partial charge in [0.2, 0.25) is 5.89 Å². The van der Waals surface area contributed by atoms with Crippen LogP contribution in [0.25, 0.3) is 0 Å². The second kappa shape index (κ2) is 5.58. The van der Waals surface area contributed by atoms with Crippen LogP contribution >= 0.6 is 0 Å². The number of nitrogens with zero attached hydrogens (tertiary/aromatic N) is 5. The summed E-state index contributed by atoms with van der Waals surface area (Å²) in [6, 6.07) is 6.20. The number of rotatable bonds is 3. The van der Waals surface area contributed by atoms with Gasteiger partial charge in [0.25, 0.3) is 0 Å². The Morgan fingerprint density at radius 3 is 2.60 bits per heavy atom. The molecule has 2 aromatic rings. The Balaban J connectivity index is 1.61. The SMILES string of the molecule is Cc1noc([C@@H](C)N2CCN(c3ccccn3)CC2)n1. The van der Waals surface area contributed by atoms with Crippen molar-refractivity contribution < 1.29 is 4.52 Å². The van der Waals surface area contributed by atoms with Gasteiger partial charge in [0, 0.05) is 32.4 Å². The highest BCUT2D eigenvalue weighted by atomic mass is 16.5. The van der Waals surface area contributed by atoms with E-state index in [0.29, 0.717) is 11.7 Å². The van der Waals surface area contributed by atoms with Crippen LogP contribution in [0, 0.1) is 6.92 Å². The zero-order chi connectivity index (χ0) is 13.9. The van der Waals surface area contributed by atoms with Crippen LogP contribution in [0.3, 0.4) is 0 Å². The summed E-state index contributed by atoms with van der Waals surface area (Å²) < 4.78 is 5.26. The topological polar surface area (TPSA) is 58.3 Å². The number of hydrogen-bond acceptors (Lipinski definition) is 6. The highest BCUT2D eigenvalue weighted by Crippen LogP contribution is 2.21. The lowest BCUT2D eigenvalue weighted by Gasteiger charge is -2.37. The number of aryl methyl sites for hydroxylation is 1. The molecule has 1 saturated heterocycles. The molecule has 0 N–H and O–H groups in total. The van der Waals surface area contributed by atoms with Crippen LogP contribution in [0.2, 0.25) is 0 Å². The van der Waals surface area contributed by atoms with Gasteiger partial charge in [0.15, 0.2) is 5.82 Å². The van der Waals surface area contributed by atoms with E-state index in [2.05, 4.69) is 37.9 Å². The van der Waals surface area contributed by atoms with Gasteiger partial charge in [-0.05, 0) is 26.0 Å². The average molecular weight is 273 g/mol. The average Bonchev–Trinajstić information content (AvgIpc) is 2.94. The Morgan fingerprint density at radius 1 is 1.20 bits per heavy atom. The van der Waals surface area contributed by atoms with Crippen molar-refractivity contribution in [2.45, 2.75) is 19.9 Å². The van der Waals surface area contributed by atoms with Crippen LogP contribution in [0.5, 0.6) is 0 Å². The minimum atomic E-state index is 0.169. The lowest BCUT2D eigenvalue weighted by atomic mass is 10.2. The third kappa shape index (κ3) is 2.65. The number of hydrogen-bond donors (Lipinski definition) is 0. The Bertz CT molecular complexity index is 548. The lowest BCUT2D eigenvalue weighted by molar-refractivity contribution is 0.164. The number of piperazine rings is 1. The Kier molecular flexibility index (Phi) is 3.64. The van der Waals surface area contributed by atoms with Crippen molar-refractivity contribution in [3.8, 4) is 0 Å². The summed E-state index contributed by atoms with van der Waals surface area (Å²) in [4.78, 5) is 13.4. The second-order valence-corrected chi connectivity index (χ2v) is 5.07. The van der Waals surface area contributed by atoms with E-state index in [1.165, 1.54) is 0 Å². The van der Waals surface area contributed by atoms with E-state index in [4.69, 9.17) is 4.52 Å². The van der Waals surface area contributed by atoms with Crippen molar-refractivity contribution in [1.29, 1.82) is 0 Å². The molecule has 1 aliphatic rings. The molecule has 1 fully saturated rings. The standard InChI is InChI=1S/C14H19N5O/c1-11(14-16-12(2)17-20-14)18-7-9-19(10-8-18)13-5-3-4-6-15-13/h3-6,11H,7-10H2,1-2H3/t11-/m1/s1. The number of aromatic nitrogens is 3. The smallest absolute Gasteiger partial charge is 0.243 e. The van der Waals surface area contributed by atoms with Crippen molar-refractivity contribution in [3.05, 3.63) is 36.1 Å². The van der Waals surface area contributed by atoms with Crippen LogP contribution in [0.4, 0.5) is 5.82 Å². The summed E-state index contributed by atoms with van der Waals surface area (Å²) in [7, 11) is 0. The molecule has 3 heterocycles. The van der Waals surface area contributed by atoms with Crippen LogP contribution in [-0.2, 0) is 0 Å². The molecule has 3 rings (SSSR count). The van der Waals surface area contributed by atoms with E-state index in [1.807, 2.05) is 25.3 Å². The molecule has 0 spiro atoms. The van der Waals surface area contributed by atoms with Crippen LogP contribution in [-0.4, -0.2) is 46.2 Å². The number of pyridine rings is 1. The zero-order valence-electron chi connectivity index (χ0n) is 11.9. The molecule has 0 aliphatic carbocycles. The molecular formula is C14H19N5O. The highest BCUT2D eigenvalue weighted by Gasteiger charge is 2.25. The first-order chi connectivity index (χ1) is 9.74. The molecule has 0 saturated carbocycles. The summed E-state index contributed by atoms with van der Waals surface area (Å²) in [5.41, 5.74) is 0. The molecule has 0 aromatic carbocycles. The van der Waals surface area contributed by atoms with Crippen molar-refractivity contribution in [3.63, 3.8) is 0 Å². The zero-order valence-corrected chi connectivity index (χ0v) is 11.9. The number of anilines is 1. The Morgan fingerprint density at radius 2 is 2.00 bits per heavy atom. The van der Waals surface area contributed by atoms with E-state index < -0.39 is 0 Å². The predicted molar refractivity (Wildman–Crippen MR) is 75.5 cm³/mol. The van der Waals surface area contributed by atoms with Gasteiger partial charge < -0.3 is 9.42 Å².